The van der Waals surface area contributed by atoms with Crippen molar-refractivity contribution >= 4 is 5.97 Å². The maximum Gasteiger partial charge on any atom is 0.338 e. The van der Waals surface area contributed by atoms with Crippen LogP contribution in [0.25, 0.3) is 0 Å². The van der Waals surface area contributed by atoms with Crippen LogP contribution in [0.2, 0.25) is 0 Å². The standard InChI is InChI=1S/C19H24N2O2.CH4/c1-4-23-19(22)16-10-8-15(9-11-16)17(12-14-21(2)3)18-7-5-6-13-20-18;/h5-11,13,17H,4,12,14H2,1-3H3;1H4. The van der Waals surface area contributed by atoms with Gasteiger partial charge in [0.2, 0.25) is 0 Å². The first kappa shape index (κ1) is 19.8. The first-order valence-electron chi connectivity index (χ1n) is 7.94. The molecule has 0 aliphatic rings. The van der Waals surface area contributed by atoms with E-state index in [9.17, 15) is 4.79 Å². The van der Waals surface area contributed by atoms with E-state index in [1.165, 1.54) is 5.56 Å². The van der Waals surface area contributed by atoms with Gasteiger partial charge in [0.15, 0.2) is 0 Å². The summed E-state index contributed by atoms with van der Waals surface area (Å²) in [6.07, 6.45) is 2.80. The van der Waals surface area contributed by atoms with E-state index in [2.05, 4.69) is 30.0 Å². The average molecular weight is 328 g/mol. The molecule has 0 amide bonds. The van der Waals surface area contributed by atoms with E-state index in [1.807, 2.05) is 49.5 Å². The summed E-state index contributed by atoms with van der Waals surface area (Å²) in [6.45, 7) is 3.17. The minimum absolute atomic E-state index is 0. The summed E-state index contributed by atoms with van der Waals surface area (Å²) in [5.41, 5.74) is 2.81. The van der Waals surface area contributed by atoms with Gasteiger partial charge in [0.05, 0.1) is 12.2 Å². The summed E-state index contributed by atoms with van der Waals surface area (Å²) in [5.74, 6) is -0.0587. The molecule has 0 N–H and O–H groups in total. The number of hydrogen-bond acceptors (Lipinski definition) is 4. The number of nitrogens with zero attached hydrogens (tertiary/aromatic N) is 2. The average Bonchev–Trinajstić information content (AvgIpc) is 2.56. The molecule has 0 fully saturated rings. The van der Waals surface area contributed by atoms with Crippen molar-refractivity contribution in [3.05, 3.63) is 65.5 Å². The van der Waals surface area contributed by atoms with Gasteiger partial charge in [-0.15, -0.1) is 0 Å². The number of aromatic nitrogens is 1. The van der Waals surface area contributed by atoms with Gasteiger partial charge in [-0.05, 0) is 63.8 Å². The monoisotopic (exact) mass is 328 g/mol. The first-order valence-corrected chi connectivity index (χ1v) is 7.94. The van der Waals surface area contributed by atoms with Crippen molar-refractivity contribution in [1.29, 1.82) is 0 Å². The fourth-order valence-corrected chi connectivity index (χ4v) is 2.52. The SMILES string of the molecule is C.CCOC(=O)c1ccc(C(CCN(C)C)c2ccccn2)cc1. The second-order valence-corrected chi connectivity index (χ2v) is 5.74. The number of hydrogen-bond donors (Lipinski definition) is 0. The Kier molecular flexibility index (Phi) is 8.13. The molecule has 0 aliphatic carbocycles. The molecule has 1 aromatic carbocycles. The Balaban J connectivity index is 0.00000288. The number of carbonyl (C=O) groups is 1. The topological polar surface area (TPSA) is 42.4 Å². The second kappa shape index (κ2) is 9.83. The highest BCUT2D eigenvalue weighted by molar-refractivity contribution is 5.89. The molecule has 1 unspecified atom stereocenters. The lowest BCUT2D eigenvalue weighted by atomic mass is 9.91. The molecule has 0 spiro atoms. The van der Waals surface area contributed by atoms with Gasteiger partial charge < -0.3 is 9.64 Å². The highest BCUT2D eigenvalue weighted by Crippen LogP contribution is 2.27. The molecule has 0 saturated carbocycles. The van der Waals surface area contributed by atoms with E-state index in [1.54, 1.807) is 0 Å². The Bertz CT molecular complexity index is 609. The summed E-state index contributed by atoms with van der Waals surface area (Å²) in [6, 6.07) is 13.7. The van der Waals surface area contributed by atoms with Gasteiger partial charge in [-0.2, -0.15) is 0 Å². The highest BCUT2D eigenvalue weighted by Gasteiger charge is 2.16. The van der Waals surface area contributed by atoms with Crippen LogP contribution < -0.4 is 0 Å². The summed E-state index contributed by atoms with van der Waals surface area (Å²) in [7, 11) is 4.14. The van der Waals surface area contributed by atoms with Gasteiger partial charge in [0.1, 0.15) is 0 Å². The van der Waals surface area contributed by atoms with Crippen molar-refractivity contribution in [1.82, 2.24) is 9.88 Å². The van der Waals surface area contributed by atoms with Crippen LogP contribution in [-0.4, -0.2) is 43.1 Å². The zero-order valence-electron chi connectivity index (χ0n) is 14.0. The van der Waals surface area contributed by atoms with Crippen molar-refractivity contribution in [3.63, 3.8) is 0 Å². The van der Waals surface area contributed by atoms with Crippen LogP contribution in [0, 0.1) is 0 Å². The number of pyridine rings is 1. The Morgan fingerprint density at radius 2 is 1.88 bits per heavy atom. The van der Waals surface area contributed by atoms with Crippen LogP contribution in [0.5, 0.6) is 0 Å². The van der Waals surface area contributed by atoms with Crippen molar-refractivity contribution in [2.24, 2.45) is 0 Å². The van der Waals surface area contributed by atoms with E-state index in [0.29, 0.717) is 12.2 Å². The van der Waals surface area contributed by atoms with Crippen LogP contribution in [0.3, 0.4) is 0 Å². The number of ether oxygens (including phenoxy) is 1. The number of rotatable bonds is 7. The molecule has 1 heterocycles. The quantitative estimate of drug-likeness (QED) is 0.721. The first-order chi connectivity index (χ1) is 11.1. The zero-order chi connectivity index (χ0) is 16.7. The van der Waals surface area contributed by atoms with Crippen LogP contribution in [0.15, 0.2) is 48.7 Å². The Labute approximate surface area is 145 Å². The Hall–Kier alpha value is -2.20. The lowest BCUT2D eigenvalue weighted by molar-refractivity contribution is 0.0526. The van der Waals surface area contributed by atoms with Crippen LogP contribution in [0.4, 0.5) is 0 Å². The molecule has 2 aromatic rings. The lowest BCUT2D eigenvalue weighted by Crippen LogP contribution is -2.17. The number of carbonyl (C=O) groups excluding carboxylic acids is 1. The smallest absolute Gasteiger partial charge is 0.338 e. The molecular weight excluding hydrogens is 300 g/mol. The molecule has 0 saturated heterocycles. The number of benzene rings is 1. The predicted molar refractivity (Wildman–Crippen MR) is 98.4 cm³/mol. The molecule has 0 radical (unpaired) electrons. The third kappa shape index (κ3) is 5.46. The number of esters is 1. The van der Waals surface area contributed by atoms with E-state index in [-0.39, 0.29) is 19.3 Å². The van der Waals surface area contributed by atoms with E-state index in [4.69, 9.17) is 4.74 Å². The van der Waals surface area contributed by atoms with Crippen LogP contribution >= 0.6 is 0 Å². The van der Waals surface area contributed by atoms with Crippen molar-refractivity contribution < 1.29 is 9.53 Å². The Morgan fingerprint density at radius 3 is 2.42 bits per heavy atom. The van der Waals surface area contributed by atoms with Crippen LogP contribution in [-0.2, 0) is 4.74 Å². The molecular formula is C20H28N2O2. The largest absolute Gasteiger partial charge is 0.462 e. The summed E-state index contributed by atoms with van der Waals surface area (Å²) < 4.78 is 5.03. The fraction of sp³-hybridized carbons (Fsp3) is 0.400. The van der Waals surface area contributed by atoms with Crippen molar-refractivity contribution in [2.45, 2.75) is 26.7 Å². The van der Waals surface area contributed by atoms with Crippen LogP contribution in [0.1, 0.15) is 48.3 Å². The molecule has 4 heteroatoms. The molecule has 2 rings (SSSR count). The molecule has 4 nitrogen and oxygen atoms in total. The van der Waals surface area contributed by atoms with Gasteiger partial charge in [-0.3, -0.25) is 4.98 Å². The van der Waals surface area contributed by atoms with E-state index < -0.39 is 0 Å². The van der Waals surface area contributed by atoms with Gasteiger partial charge in [-0.1, -0.05) is 25.6 Å². The maximum absolute atomic E-state index is 11.8. The van der Waals surface area contributed by atoms with Crippen molar-refractivity contribution in [3.8, 4) is 0 Å². The summed E-state index contributed by atoms with van der Waals surface area (Å²) in [5, 5.41) is 0. The highest BCUT2D eigenvalue weighted by atomic mass is 16.5. The zero-order valence-corrected chi connectivity index (χ0v) is 14.0. The van der Waals surface area contributed by atoms with Gasteiger partial charge in [-0.25, -0.2) is 4.79 Å². The fourth-order valence-electron chi connectivity index (χ4n) is 2.52. The maximum atomic E-state index is 11.8. The minimum Gasteiger partial charge on any atom is -0.462 e. The predicted octanol–water partition coefficient (Wildman–Crippen LogP) is 3.98. The summed E-state index contributed by atoms with van der Waals surface area (Å²) >= 11 is 0. The molecule has 130 valence electrons. The van der Waals surface area contributed by atoms with Gasteiger partial charge in [0.25, 0.3) is 0 Å². The second-order valence-electron chi connectivity index (χ2n) is 5.74. The molecule has 1 aromatic heterocycles. The Morgan fingerprint density at radius 1 is 1.17 bits per heavy atom. The minimum atomic E-state index is -0.276. The van der Waals surface area contributed by atoms with Crippen molar-refractivity contribution in [2.75, 3.05) is 27.2 Å². The summed E-state index contributed by atoms with van der Waals surface area (Å²) in [4.78, 5) is 18.4. The molecule has 1 atom stereocenters. The molecule has 24 heavy (non-hydrogen) atoms. The van der Waals surface area contributed by atoms with Gasteiger partial charge >= 0.3 is 5.97 Å². The van der Waals surface area contributed by atoms with E-state index in [0.717, 1.165) is 18.7 Å². The normalized spacial score (nSPS) is 11.7. The molecule has 0 aliphatic heterocycles. The molecule has 0 bridgehead atoms. The van der Waals surface area contributed by atoms with Gasteiger partial charge in [0, 0.05) is 17.8 Å². The third-order valence-corrected chi connectivity index (χ3v) is 3.73. The van der Waals surface area contributed by atoms with E-state index >= 15 is 0 Å². The lowest BCUT2D eigenvalue weighted by Gasteiger charge is -2.19. The third-order valence-electron chi connectivity index (χ3n) is 3.73.